The molecule has 0 saturated heterocycles. The average Bonchev–Trinajstić information content (AvgIpc) is 2.66. The molecule has 0 heterocycles. The van der Waals surface area contributed by atoms with Crippen LogP contribution in [0.1, 0.15) is 65.7 Å². The maximum absolute atomic E-state index is 12.8. The largest absolute Gasteiger partial charge is 0.475 e. The number of rotatable bonds is 16. The Hall–Kier alpha value is -2.47. The van der Waals surface area contributed by atoms with Crippen molar-refractivity contribution >= 4 is 24.8 Å². The molecule has 0 aromatic carbocycles. The molecule has 0 fully saturated rings. The maximum Gasteiger partial charge on any atom is 0.475 e. The molecule has 0 bridgehead atoms. The smallest absolute Gasteiger partial charge is 0.426 e. The summed E-state index contributed by atoms with van der Waals surface area (Å²) >= 11 is 0. The van der Waals surface area contributed by atoms with Crippen molar-refractivity contribution in [3.63, 3.8) is 0 Å². The van der Waals surface area contributed by atoms with E-state index < -0.39 is 29.9 Å². The van der Waals surface area contributed by atoms with Gasteiger partial charge in [0.05, 0.1) is 5.94 Å². The first-order valence-corrected chi connectivity index (χ1v) is 10.6. The monoisotopic (exact) mass is 441 g/mol. The quantitative estimate of drug-likeness (QED) is 0.0442. The molecule has 6 N–H and O–H groups in total. The lowest BCUT2D eigenvalue weighted by atomic mass is 9.74. The molecule has 2 atom stereocenters. The molecule has 0 aliphatic rings. The van der Waals surface area contributed by atoms with Gasteiger partial charge in [-0.05, 0) is 37.7 Å². The Morgan fingerprint density at radius 3 is 2.52 bits per heavy atom. The highest BCUT2D eigenvalue weighted by Crippen LogP contribution is 2.15. The van der Waals surface area contributed by atoms with Crippen LogP contribution in [-0.2, 0) is 9.59 Å². The van der Waals surface area contributed by atoms with Crippen molar-refractivity contribution in [2.24, 2.45) is 22.6 Å². The number of hydrogen-bond acceptors (Lipinski definition) is 7. The number of hydrogen-bond donors (Lipinski definition) is 5. The summed E-state index contributed by atoms with van der Waals surface area (Å²) in [7, 11) is -1.71. The fourth-order valence-electron chi connectivity index (χ4n) is 2.90. The first-order chi connectivity index (χ1) is 14.6. The second-order valence-corrected chi connectivity index (χ2v) is 7.85. The normalized spacial score (nSPS) is 13.8. The molecule has 0 radical (unpaired) electrons. The van der Waals surface area contributed by atoms with Crippen LogP contribution in [-0.4, -0.2) is 52.3 Å². The Bertz CT molecular complexity index is 627. The van der Waals surface area contributed by atoms with E-state index in [9.17, 15) is 29.8 Å². The molecule has 0 aromatic rings. The SMILES string of the molecule is CCCC/C=C/C(=O)C[C@@H](CCCN=C(N)N[N+](=O)[O-])C(=O)N[C@@H](CC(C)C)B(O)O. The van der Waals surface area contributed by atoms with Crippen LogP contribution in [0.25, 0.3) is 0 Å². The third-order valence-electron chi connectivity index (χ3n) is 4.46. The summed E-state index contributed by atoms with van der Waals surface area (Å²) in [5, 5.41) is 31.2. The number of nitro groups is 1. The van der Waals surface area contributed by atoms with Gasteiger partial charge >= 0.3 is 7.12 Å². The van der Waals surface area contributed by atoms with Crippen LogP contribution in [0.4, 0.5) is 0 Å². The molecular weight excluding hydrogens is 405 g/mol. The molecule has 0 spiro atoms. The third-order valence-corrected chi connectivity index (χ3v) is 4.46. The second kappa shape index (κ2) is 16.3. The van der Waals surface area contributed by atoms with Gasteiger partial charge in [-0.3, -0.25) is 9.59 Å². The molecule has 31 heavy (non-hydrogen) atoms. The van der Waals surface area contributed by atoms with Gasteiger partial charge in [0, 0.05) is 18.9 Å². The van der Waals surface area contributed by atoms with E-state index in [0.29, 0.717) is 12.8 Å². The Balaban J connectivity index is 5.06. The number of nitrogens with zero attached hydrogens (tertiary/aromatic N) is 2. The molecule has 0 unspecified atom stereocenters. The topological polar surface area (TPSA) is 180 Å². The van der Waals surface area contributed by atoms with Gasteiger partial charge in [-0.25, -0.2) is 15.1 Å². The fraction of sp³-hybridized carbons (Fsp3) is 0.737. The van der Waals surface area contributed by atoms with Crippen molar-refractivity contribution in [1.29, 1.82) is 0 Å². The van der Waals surface area contributed by atoms with E-state index in [4.69, 9.17) is 5.73 Å². The number of amides is 1. The number of guanidine groups is 1. The fourth-order valence-corrected chi connectivity index (χ4v) is 2.90. The standard InChI is InChI=1S/C19H36BN5O6/c1-4-5-6-7-10-16(26)13-15(9-8-11-22-19(21)24-25(30)31)18(27)23-17(20(28)29)12-14(2)3/h7,10,14-15,17,28-29H,4-6,8-9,11-13H2,1-3H3,(H,23,27)(H3,21,22,24)/b10-7+/t15-,17+/m1/s1. The molecule has 11 nitrogen and oxygen atoms in total. The predicted octanol–water partition coefficient (Wildman–Crippen LogP) is 0.727. The minimum atomic E-state index is -1.71. The van der Waals surface area contributed by atoms with Gasteiger partial charge in [0.25, 0.3) is 5.96 Å². The van der Waals surface area contributed by atoms with Crippen LogP contribution in [0, 0.1) is 22.0 Å². The van der Waals surface area contributed by atoms with E-state index in [2.05, 4.69) is 17.2 Å². The molecule has 0 saturated carbocycles. The maximum atomic E-state index is 12.8. The van der Waals surface area contributed by atoms with Crippen molar-refractivity contribution in [2.45, 2.75) is 71.7 Å². The first-order valence-electron chi connectivity index (χ1n) is 10.6. The first kappa shape index (κ1) is 28.5. The number of nitrogens with two attached hydrogens (primary N) is 1. The van der Waals surface area contributed by atoms with Gasteiger partial charge in [0.1, 0.15) is 0 Å². The molecule has 12 heteroatoms. The van der Waals surface area contributed by atoms with Crippen LogP contribution in [0.2, 0.25) is 0 Å². The number of aliphatic imine (C=N–C) groups is 1. The van der Waals surface area contributed by atoms with Crippen molar-refractivity contribution in [3.8, 4) is 0 Å². The van der Waals surface area contributed by atoms with Crippen LogP contribution < -0.4 is 16.5 Å². The number of nitrogens with one attached hydrogen (secondary N) is 2. The Morgan fingerprint density at radius 1 is 1.29 bits per heavy atom. The van der Waals surface area contributed by atoms with E-state index in [-0.39, 0.29) is 37.0 Å². The molecule has 0 aromatic heterocycles. The van der Waals surface area contributed by atoms with Gasteiger partial charge in [-0.1, -0.05) is 45.1 Å². The minimum absolute atomic E-state index is 0.0310. The molecular formula is C19H36BN5O6. The van der Waals surface area contributed by atoms with E-state index in [1.165, 1.54) is 6.08 Å². The van der Waals surface area contributed by atoms with Crippen LogP contribution in [0.5, 0.6) is 0 Å². The second-order valence-electron chi connectivity index (χ2n) is 7.85. The third kappa shape index (κ3) is 15.1. The lowest BCUT2D eigenvalue weighted by Crippen LogP contribution is -2.49. The van der Waals surface area contributed by atoms with E-state index >= 15 is 0 Å². The predicted molar refractivity (Wildman–Crippen MR) is 119 cm³/mol. The number of carbonyl (C=O) groups excluding carboxylic acids is 2. The summed E-state index contributed by atoms with van der Waals surface area (Å²) in [5.41, 5.74) is 7.08. The van der Waals surface area contributed by atoms with E-state index in [0.717, 1.165) is 19.3 Å². The Kier molecular flexibility index (Phi) is 15.0. The minimum Gasteiger partial charge on any atom is -0.426 e. The summed E-state index contributed by atoms with van der Waals surface area (Å²) in [6, 6.07) is 0. The van der Waals surface area contributed by atoms with Gasteiger partial charge in [-0.2, -0.15) is 0 Å². The molecule has 176 valence electrons. The molecule has 0 aliphatic heterocycles. The zero-order valence-corrected chi connectivity index (χ0v) is 18.6. The summed E-state index contributed by atoms with van der Waals surface area (Å²) in [4.78, 5) is 39.2. The van der Waals surface area contributed by atoms with Crippen molar-refractivity contribution in [1.82, 2.24) is 10.7 Å². The highest BCUT2D eigenvalue weighted by molar-refractivity contribution is 6.43. The number of unbranched alkanes of at least 4 members (excludes halogenated alkanes) is 2. The van der Waals surface area contributed by atoms with Gasteiger partial charge in [0.2, 0.25) is 5.91 Å². The van der Waals surface area contributed by atoms with Gasteiger partial charge in [0.15, 0.2) is 10.8 Å². The molecule has 0 rings (SSSR count). The zero-order chi connectivity index (χ0) is 23.8. The lowest BCUT2D eigenvalue weighted by Gasteiger charge is -2.23. The number of ketones is 1. The van der Waals surface area contributed by atoms with E-state index in [1.807, 2.05) is 13.8 Å². The van der Waals surface area contributed by atoms with Crippen LogP contribution >= 0.6 is 0 Å². The van der Waals surface area contributed by atoms with Crippen LogP contribution in [0.3, 0.4) is 0 Å². The molecule has 0 aliphatic carbocycles. The van der Waals surface area contributed by atoms with Crippen molar-refractivity contribution in [3.05, 3.63) is 22.3 Å². The van der Waals surface area contributed by atoms with Crippen molar-refractivity contribution < 1.29 is 24.7 Å². The number of hydrazine groups is 1. The lowest BCUT2D eigenvalue weighted by molar-refractivity contribution is -0.525. The highest BCUT2D eigenvalue weighted by atomic mass is 16.7. The molecule has 1 amide bonds. The average molecular weight is 441 g/mol. The highest BCUT2D eigenvalue weighted by Gasteiger charge is 2.29. The summed E-state index contributed by atoms with van der Waals surface area (Å²) in [6.07, 6.45) is 7.01. The Labute approximate surface area is 183 Å². The van der Waals surface area contributed by atoms with Crippen LogP contribution in [0.15, 0.2) is 17.1 Å². The zero-order valence-electron chi connectivity index (χ0n) is 18.6. The van der Waals surface area contributed by atoms with E-state index in [1.54, 1.807) is 11.5 Å². The van der Waals surface area contributed by atoms with Crippen molar-refractivity contribution in [2.75, 3.05) is 6.54 Å². The van der Waals surface area contributed by atoms with Gasteiger partial charge in [-0.15, -0.1) is 0 Å². The Morgan fingerprint density at radius 2 is 1.97 bits per heavy atom. The summed E-state index contributed by atoms with van der Waals surface area (Å²) in [5.74, 6) is -2.41. The summed E-state index contributed by atoms with van der Waals surface area (Å²) < 4.78 is 0. The summed E-state index contributed by atoms with van der Waals surface area (Å²) in [6.45, 7) is 5.97. The van der Waals surface area contributed by atoms with Gasteiger partial charge < -0.3 is 21.1 Å². The number of allylic oxidation sites excluding steroid dienone is 2. The number of carbonyl (C=O) groups is 2.